The highest BCUT2D eigenvalue weighted by Crippen LogP contribution is 2.43. The van der Waals surface area contributed by atoms with Crippen LogP contribution in [0, 0.1) is 0 Å². The maximum absolute atomic E-state index is 13.2. The number of para-hydroxylation sites is 1. The summed E-state index contributed by atoms with van der Waals surface area (Å²) >= 11 is 0. The van der Waals surface area contributed by atoms with E-state index in [4.69, 9.17) is 18.5 Å². The molecular weight excluding hydrogens is 1460 g/mol. The fourth-order valence-electron chi connectivity index (χ4n) is 11.5. The summed E-state index contributed by atoms with van der Waals surface area (Å²) in [7, 11) is -14.9. The zero-order chi connectivity index (χ0) is 78.3. The highest BCUT2D eigenvalue weighted by molar-refractivity contribution is 7.86. The number of aliphatic hydroxyl groups excluding tert-OH is 2. The Labute approximate surface area is 635 Å². The number of carbonyl (C=O) groups is 3. The van der Waals surface area contributed by atoms with E-state index in [1.165, 1.54) is 158 Å². The Balaban J connectivity index is 1.15. The van der Waals surface area contributed by atoms with Crippen molar-refractivity contribution >= 4 is 111 Å². The van der Waals surface area contributed by atoms with Crippen LogP contribution in [0.5, 0.6) is 0 Å². The quantitative estimate of drug-likeness (QED) is 0.00429. The number of anilines is 9. The average molecular weight is 1570 g/mol. The maximum Gasteiger partial charge on any atom is 0.472 e. The van der Waals surface area contributed by atoms with Gasteiger partial charge in [-0.05, 0) is 60.4 Å². The first-order valence-corrected chi connectivity index (χ1v) is 42.3. The smallest absolute Gasteiger partial charge is 0.462 e. The predicted molar refractivity (Wildman–Crippen MR) is 413 cm³/mol. The number of hydrogen-bond acceptors (Lipinski definition) is 28. The second-order valence-electron chi connectivity index (χ2n) is 26.3. The van der Waals surface area contributed by atoms with Crippen molar-refractivity contribution in [2.45, 2.75) is 235 Å². The highest BCUT2D eigenvalue weighted by Gasteiger charge is 2.27. The van der Waals surface area contributed by atoms with E-state index in [0.29, 0.717) is 18.5 Å². The molecule has 2 unspecified atom stereocenters. The van der Waals surface area contributed by atoms with Crippen molar-refractivity contribution in [1.29, 1.82) is 0 Å². The van der Waals surface area contributed by atoms with Gasteiger partial charge in [-0.15, -0.1) is 0 Å². The normalized spacial score (nSPS) is 12.5. The number of nitrogens with one attached hydrogen (secondary N) is 5. The monoisotopic (exact) mass is 1570 g/mol. The van der Waals surface area contributed by atoms with Gasteiger partial charge in [0.25, 0.3) is 26.2 Å². The van der Waals surface area contributed by atoms with E-state index in [2.05, 4.69) is 70.3 Å². The number of hydrogen-bond donors (Lipinski definition) is 12. The maximum atomic E-state index is 13.2. The van der Waals surface area contributed by atoms with Crippen molar-refractivity contribution in [1.82, 2.24) is 35.2 Å². The van der Waals surface area contributed by atoms with Gasteiger partial charge < -0.3 is 56.1 Å². The summed E-state index contributed by atoms with van der Waals surface area (Å²) in [5, 5.41) is 52.3. The van der Waals surface area contributed by atoms with Crippen LogP contribution in [0.15, 0.2) is 76.5 Å². The standard InChI is InChI=1S/C73H114N13O19PS2/c1-3-5-7-9-11-13-15-17-19-21-23-25-27-29-34-38-66(90)102-55-62(105-67(91)39-35-30-28-26-24-22-20-18-16-14-12-10-8-6-4-2)56-104-106(94,95)103-51-46-74-65(89)54-75-68-79-70(82-72(81-68)85(47-49-87)48-50-88)77-60-44-42-57(63(52-60)107(96,97)98)40-41-58-43-45-61(53-64(58)108(99,100)101)78-71-80-69(83-73(84-71)86(92)93)76-59-36-32-31-33-37-59/h31-33,36-37,40-45,52-53,62,87-88,92-93H,3-30,34-35,38-39,46-51,54-56H2,1-2H3,(H,74,89)(H,94,95)(H,96,97,98)(H,99,100,101)(H2,75,77,79,81,82)(H2,76,78,80,83,84)/b41-40+. The number of rotatable bonds is 61. The molecule has 35 heteroatoms. The molecule has 0 aliphatic heterocycles. The number of amides is 1. The molecule has 0 aliphatic carbocycles. The molecule has 108 heavy (non-hydrogen) atoms. The van der Waals surface area contributed by atoms with Gasteiger partial charge in [0.15, 0.2) is 6.10 Å². The second-order valence-corrected chi connectivity index (χ2v) is 30.5. The lowest BCUT2D eigenvalue weighted by molar-refractivity contribution is -0.161. The molecule has 0 radical (unpaired) electrons. The first-order chi connectivity index (χ1) is 52.0. The van der Waals surface area contributed by atoms with Crippen LogP contribution in [0.2, 0.25) is 0 Å². The number of esters is 2. The van der Waals surface area contributed by atoms with Gasteiger partial charge >= 0.3 is 19.8 Å². The first-order valence-electron chi connectivity index (χ1n) is 37.9. The first kappa shape index (κ1) is 91.0. The van der Waals surface area contributed by atoms with E-state index in [1.807, 2.05) is 0 Å². The van der Waals surface area contributed by atoms with Crippen molar-refractivity contribution in [3.8, 4) is 0 Å². The highest BCUT2D eigenvalue weighted by atomic mass is 32.2. The Bertz CT molecular complexity index is 3760. The number of phosphoric ester groups is 1. The number of carbonyl (C=O) groups excluding carboxylic acids is 3. The average Bonchev–Trinajstić information content (AvgIpc) is 0.803. The summed E-state index contributed by atoms with van der Waals surface area (Å²) in [5.41, 5.74) is 0.113. The molecule has 0 saturated carbocycles. The van der Waals surface area contributed by atoms with E-state index in [0.717, 1.165) is 75.7 Å². The molecule has 0 fully saturated rings. The zero-order valence-corrected chi connectivity index (χ0v) is 65.0. The van der Waals surface area contributed by atoms with Crippen LogP contribution < -0.4 is 36.7 Å². The lowest BCUT2D eigenvalue weighted by atomic mass is 10.0. The van der Waals surface area contributed by atoms with Crippen LogP contribution in [-0.2, 0) is 57.7 Å². The van der Waals surface area contributed by atoms with Crippen LogP contribution in [0.1, 0.15) is 230 Å². The number of nitrogens with zero attached hydrogens (tertiary/aromatic N) is 8. The summed E-state index contributed by atoms with van der Waals surface area (Å²) in [6, 6.07) is 15.7. The fraction of sp³-hybridized carbons (Fsp3) is 0.603. The van der Waals surface area contributed by atoms with Crippen LogP contribution in [-0.4, -0.2) is 165 Å². The fourth-order valence-corrected chi connectivity index (χ4v) is 13.7. The van der Waals surface area contributed by atoms with E-state index >= 15 is 0 Å². The Hall–Kier alpha value is -7.60. The van der Waals surface area contributed by atoms with Gasteiger partial charge in [-0.3, -0.25) is 43.0 Å². The molecule has 32 nitrogen and oxygen atoms in total. The molecule has 0 saturated heterocycles. The van der Waals surface area contributed by atoms with Crippen molar-refractivity contribution in [3.63, 3.8) is 0 Å². The molecular formula is C73H114N13O19PS2. The zero-order valence-electron chi connectivity index (χ0n) is 62.4. The Morgan fingerprint density at radius 1 is 0.509 bits per heavy atom. The SMILES string of the molecule is CCCCCCCCCCCCCCCCCC(=O)OCC(COP(=O)(O)OCCNC(=O)CNc1nc(Nc2ccc(/C=C/c3ccc(Nc4nc(Nc5ccccc5)nc(N(O)O)n4)cc3S(=O)(=O)O)c(S(=O)(=O)O)c2)nc(N(CCO)CCO)n1)OC(=O)CCCCCCCCCCCCCCCCC. The molecule has 3 aromatic carbocycles. The minimum absolute atomic E-state index is 0.0232. The largest absolute Gasteiger partial charge is 0.472 e. The van der Waals surface area contributed by atoms with E-state index in [-0.39, 0.29) is 89.9 Å². The summed E-state index contributed by atoms with van der Waals surface area (Å²) in [5.74, 6) is -3.51. The van der Waals surface area contributed by atoms with Crippen molar-refractivity contribution in [3.05, 3.63) is 77.9 Å². The number of phosphoric acid groups is 1. The molecule has 5 aromatic rings. The molecule has 2 heterocycles. The van der Waals surface area contributed by atoms with Crippen LogP contribution in [0.3, 0.4) is 0 Å². The third-order valence-corrected chi connectivity index (χ3v) is 20.0. The van der Waals surface area contributed by atoms with Crippen molar-refractivity contribution < 1.29 is 88.9 Å². The topological polar surface area (TPSA) is 459 Å². The predicted octanol–water partition coefficient (Wildman–Crippen LogP) is 14.0. The summed E-state index contributed by atoms with van der Waals surface area (Å²) < 4.78 is 107. The molecule has 602 valence electrons. The van der Waals surface area contributed by atoms with E-state index in [1.54, 1.807) is 30.3 Å². The summed E-state index contributed by atoms with van der Waals surface area (Å²) in [6.45, 7) is 1.03. The number of ether oxygens (including phenoxy) is 2. The van der Waals surface area contributed by atoms with Gasteiger partial charge in [-0.1, -0.05) is 241 Å². The minimum atomic E-state index is -5.06. The lowest BCUT2D eigenvalue weighted by Gasteiger charge is -2.21. The molecule has 0 bridgehead atoms. The van der Waals surface area contributed by atoms with Gasteiger partial charge in [-0.2, -0.15) is 46.7 Å². The molecule has 2 aromatic heterocycles. The Morgan fingerprint density at radius 3 is 1.35 bits per heavy atom. The van der Waals surface area contributed by atoms with Gasteiger partial charge in [0, 0.05) is 49.5 Å². The Kier molecular flexibility index (Phi) is 43.6. The van der Waals surface area contributed by atoms with Crippen LogP contribution in [0.4, 0.5) is 52.8 Å². The van der Waals surface area contributed by atoms with Gasteiger partial charge in [0.1, 0.15) is 16.4 Å². The van der Waals surface area contributed by atoms with Crippen LogP contribution >= 0.6 is 7.82 Å². The third-order valence-electron chi connectivity index (χ3n) is 17.2. The second kappa shape index (κ2) is 51.7. The van der Waals surface area contributed by atoms with Gasteiger partial charge in [0.2, 0.25) is 35.6 Å². The minimum Gasteiger partial charge on any atom is -0.462 e. The molecule has 5 rings (SSSR count). The van der Waals surface area contributed by atoms with Crippen LogP contribution in [0.25, 0.3) is 12.2 Å². The molecule has 2 atom stereocenters. The third kappa shape index (κ3) is 38.7. The van der Waals surface area contributed by atoms with Gasteiger partial charge in [0.05, 0.1) is 33.0 Å². The van der Waals surface area contributed by atoms with Gasteiger partial charge in [-0.25, -0.2) is 4.57 Å². The van der Waals surface area contributed by atoms with E-state index < -0.39 is 107 Å². The number of aromatic nitrogens is 6. The summed E-state index contributed by atoms with van der Waals surface area (Å²) in [6.07, 6.45) is 36.4. The number of unbranched alkanes of at least 4 members (excludes halogenated alkanes) is 28. The number of aliphatic hydroxyl groups is 2. The molecule has 0 aliphatic rings. The summed E-state index contributed by atoms with van der Waals surface area (Å²) in [4.78, 5) is 74.7. The number of benzene rings is 3. The molecule has 0 spiro atoms. The van der Waals surface area contributed by atoms with Crippen molar-refractivity contribution in [2.24, 2.45) is 0 Å². The molecule has 1 amide bonds. The van der Waals surface area contributed by atoms with E-state index in [9.17, 15) is 70.4 Å². The Morgan fingerprint density at radius 2 is 0.917 bits per heavy atom. The lowest BCUT2D eigenvalue weighted by Crippen LogP contribution is -2.34. The molecule has 12 N–H and O–H groups in total. The van der Waals surface area contributed by atoms with Crippen molar-refractivity contribution in [2.75, 3.05) is 90.6 Å².